The summed E-state index contributed by atoms with van der Waals surface area (Å²) in [6.07, 6.45) is -3.74. The summed E-state index contributed by atoms with van der Waals surface area (Å²) in [7, 11) is -4.78. The van der Waals surface area contributed by atoms with Crippen molar-refractivity contribution in [2.45, 2.75) is 37.6 Å². The highest BCUT2D eigenvalue weighted by Gasteiger charge is 2.48. The van der Waals surface area contributed by atoms with Crippen LogP contribution in [0.4, 0.5) is 5.82 Å². The van der Waals surface area contributed by atoms with Crippen molar-refractivity contribution in [3.05, 3.63) is 12.7 Å². The van der Waals surface area contributed by atoms with Crippen molar-refractivity contribution < 1.29 is 33.8 Å². The predicted octanol–water partition coefficient (Wildman–Crippen LogP) is -1.47. The number of fused-ring (bicyclic) bond motifs is 1. The van der Waals surface area contributed by atoms with Gasteiger partial charge in [-0.3, -0.25) is 9.09 Å². The Kier molecular flexibility index (Phi) is 4.30. The van der Waals surface area contributed by atoms with Gasteiger partial charge in [-0.15, -0.1) is 0 Å². The van der Waals surface area contributed by atoms with Gasteiger partial charge in [0.2, 0.25) is 0 Å². The van der Waals surface area contributed by atoms with Crippen molar-refractivity contribution in [2.24, 2.45) is 0 Å². The number of nitrogen functional groups attached to an aromatic ring is 1. The number of anilines is 1. The number of ether oxygens (including phenoxy) is 1. The zero-order valence-corrected chi connectivity index (χ0v) is 13.3. The first kappa shape index (κ1) is 17.2. The van der Waals surface area contributed by atoms with E-state index in [4.69, 9.17) is 20.3 Å². The van der Waals surface area contributed by atoms with Gasteiger partial charge < -0.3 is 30.5 Å². The van der Waals surface area contributed by atoms with Crippen LogP contribution in [0.2, 0.25) is 0 Å². The van der Waals surface area contributed by atoms with Crippen LogP contribution in [0.1, 0.15) is 13.2 Å². The molecule has 12 nitrogen and oxygen atoms in total. The zero-order valence-electron chi connectivity index (χ0n) is 12.4. The molecule has 2 aromatic heterocycles. The van der Waals surface area contributed by atoms with E-state index in [1.165, 1.54) is 24.1 Å². The molecule has 1 aliphatic heterocycles. The van der Waals surface area contributed by atoms with Crippen LogP contribution < -0.4 is 5.73 Å². The Morgan fingerprint density at radius 2 is 2.04 bits per heavy atom. The summed E-state index contributed by atoms with van der Waals surface area (Å²) in [6, 6.07) is 0. The van der Waals surface area contributed by atoms with Crippen LogP contribution in [0.15, 0.2) is 12.7 Å². The SMILES string of the molecule is C[C@@H](OP(=O)(O)O)[C@H]1OC(n2cnc3c(N)ncnc32)[C@H](O)[C@@H]1O. The second-order valence-electron chi connectivity index (χ2n) is 5.36. The fourth-order valence-electron chi connectivity index (χ4n) is 2.64. The number of hydrogen-bond donors (Lipinski definition) is 5. The molecule has 3 heterocycles. The Labute approximate surface area is 135 Å². The van der Waals surface area contributed by atoms with Crippen molar-refractivity contribution in [1.82, 2.24) is 19.5 Å². The minimum atomic E-state index is -4.78. The highest BCUT2D eigenvalue weighted by atomic mass is 31.2. The van der Waals surface area contributed by atoms with Crippen molar-refractivity contribution in [1.29, 1.82) is 0 Å². The summed E-state index contributed by atoms with van der Waals surface area (Å²) in [4.78, 5) is 29.6. The standard InChI is InChI=1S/C11H16N5O7P/c1-4(23-24(19,20)21)8-6(17)7(18)11(22-8)16-3-15-5-9(12)13-2-14-10(5)16/h2-4,6-8,11,17-18H,1H3,(H2,12,13,14)(H2,19,20,21)/t4-,6+,7-,8-,11?/m1/s1. The third-order valence-electron chi connectivity index (χ3n) is 3.70. The monoisotopic (exact) mass is 361 g/mol. The molecule has 1 fully saturated rings. The molecular weight excluding hydrogens is 345 g/mol. The first-order valence-corrected chi connectivity index (χ1v) is 8.40. The lowest BCUT2D eigenvalue weighted by Gasteiger charge is -2.22. The molecule has 24 heavy (non-hydrogen) atoms. The summed E-state index contributed by atoms with van der Waals surface area (Å²) in [5.41, 5.74) is 6.27. The van der Waals surface area contributed by atoms with Gasteiger partial charge in [-0.25, -0.2) is 19.5 Å². The van der Waals surface area contributed by atoms with Crippen LogP contribution in [0.5, 0.6) is 0 Å². The van der Waals surface area contributed by atoms with Gasteiger partial charge in [-0.1, -0.05) is 0 Å². The molecular formula is C11H16N5O7P. The van der Waals surface area contributed by atoms with E-state index in [1.54, 1.807) is 0 Å². The van der Waals surface area contributed by atoms with Gasteiger partial charge in [0.05, 0.1) is 12.4 Å². The molecule has 0 aliphatic carbocycles. The molecule has 3 rings (SSSR count). The molecule has 0 amide bonds. The fraction of sp³-hybridized carbons (Fsp3) is 0.545. The highest BCUT2D eigenvalue weighted by Crippen LogP contribution is 2.41. The zero-order chi connectivity index (χ0) is 17.6. The summed E-state index contributed by atoms with van der Waals surface area (Å²) in [6.45, 7) is 1.31. The lowest BCUT2D eigenvalue weighted by atomic mass is 10.1. The fourth-order valence-corrected chi connectivity index (χ4v) is 3.19. The van der Waals surface area contributed by atoms with Crippen LogP contribution in [-0.4, -0.2) is 63.9 Å². The van der Waals surface area contributed by atoms with E-state index in [0.29, 0.717) is 5.52 Å². The number of nitrogens with two attached hydrogens (primary N) is 1. The third-order valence-corrected chi connectivity index (χ3v) is 4.31. The summed E-state index contributed by atoms with van der Waals surface area (Å²) < 4.78 is 22.3. The van der Waals surface area contributed by atoms with Gasteiger partial charge in [0.25, 0.3) is 0 Å². The molecule has 0 aromatic carbocycles. The van der Waals surface area contributed by atoms with Crippen molar-refractivity contribution in [3.8, 4) is 0 Å². The molecule has 5 atom stereocenters. The van der Waals surface area contributed by atoms with E-state index in [1.807, 2.05) is 0 Å². The Bertz CT molecular complexity index is 794. The van der Waals surface area contributed by atoms with E-state index in [9.17, 15) is 14.8 Å². The van der Waals surface area contributed by atoms with Gasteiger partial charge >= 0.3 is 7.82 Å². The Morgan fingerprint density at radius 3 is 2.71 bits per heavy atom. The van der Waals surface area contributed by atoms with E-state index < -0.39 is 38.5 Å². The minimum absolute atomic E-state index is 0.140. The smallest absolute Gasteiger partial charge is 0.387 e. The normalized spacial score (nSPS) is 29.2. The van der Waals surface area contributed by atoms with E-state index in [-0.39, 0.29) is 11.5 Å². The van der Waals surface area contributed by atoms with Crippen LogP contribution in [0, 0.1) is 0 Å². The third kappa shape index (κ3) is 3.00. The number of aromatic nitrogens is 4. The van der Waals surface area contributed by atoms with Gasteiger partial charge in [0.15, 0.2) is 17.7 Å². The van der Waals surface area contributed by atoms with E-state index in [2.05, 4.69) is 19.5 Å². The quantitative estimate of drug-likeness (QED) is 0.400. The maximum Gasteiger partial charge on any atom is 0.469 e. The molecule has 6 N–H and O–H groups in total. The van der Waals surface area contributed by atoms with E-state index >= 15 is 0 Å². The number of rotatable bonds is 4. The number of aliphatic hydroxyl groups excluding tert-OH is 2. The molecule has 1 unspecified atom stereocenters. The number of nitrogens with zero attached hydrogens (tertiary/aromatic N) is 4. The molecule has 1 aliphatic rings. The van der Waals surface area contributed by atoms with Gasteiger partial charge in [0.1, 0.15) is 30.2 Å². The molecule has 0 radical (unpaired) electrons. The minimum Gasteiger partial charge on any atom is -0.387 e. The van der Waals surface area contributed by atoms with Crippen LogP contribution in [0.3, 0.4) is 0 Å². The molecule has 132 valence electrons. The Hall–Kier alpha value is -1.66. The molecule has 0 spiro atoms. The highest BCUT2D eigenvalue weighted by molar-refractivity contribution is 7.46. The van der Waals surface area contributed by atoms with Crippen molar-refractivity contribution in [2.75, 3.05) is 5.73 Å². The van der Waals surface area contributed by atoms with Gasteiger partial charge in [-0.05, 0) is 6.92 Å². The molecule has 0 saturated carbocycles. The largest absolute Gasteiger partial charge is 0.469 e. The number of imidazole rings is 1. The number of hydrogen-bond acceptors (Lipinski definition) is 9. The van der Waals surface area contributed by atoms with Crippen molar-refractivity contribution >= 4 is 24.8 Å². The number of phosphoric acid groups is 1. The first-order valence-electron chi connectivity index (χ1n) is 6.87. The Balaban J connectivity index is 1.89. The number of phosphoric ester groups is 1. The molecule has 2 aromatic rings. The summed E-state index contributed by atoms with van der Waals surface area (Å²) in [5, 5.41) is 20.3. The maximum atomic E-state index is 10.9. The maximum absolute atomic E-state index is 10.9. The topological polar surface area (TPSA) is 186 Å². The van der Waals surface area contributed by atoms with Gasteiger partial charge in [0, 0.05) is 0 Å². The van der Waals surface area contributed by atoms with Gasteiger partial charge in [-0.2, -0.15) is 0 Å². The predicted molar refractivity (Wildman–Crippen MR) is 78.3 cm³/mol. The van der Waals surface area contributed by atoms with Crippen LogP contribution in [-0.2, 0) is 13.8 Å². The van der Waals surface area contributed by atoms with Crippen molar-refractivity contribution in [3.63, 3.8) is 0 Å². The van der Waals surface area contributed by atoms with Crippen LogP contribution in [0.25, 0.3) is 11.2 Å². The summed E-state index contributed by atoms with van der Waals surface area (Å²) in [5.74, 6) is 0.140. The van der Waals surface area contributed by atoms with E-state index in [0.717, 1.165) is 0 Å². The molecule has 1 saturated heterocycles. The van der Waals surface area contributed by atoms with Crippen LogP contribution >= 0.6 is 7.82 Å². The number of aliphatic hydroxyl groups is 2. The Morgan fingerprint density at radius 1 is 1.33 bits per heavy atom. The average molecular weight is 361 g/mol. The molecule has 13 heteroatoms. The lowest BCUT2D eigenvalue weighted by Crippen LogP contribution is -2.38. The second-order valence-corrected chi connectivity index (χ2v) is 6.55. The average Bonchev–Trinajstić information content (AvgIpc) is 3.01. The first-order chi connectivity index (χ1) is 11.2. The summed E-state index contributed by atoms with van der Waals surface area (Å²) >= 11 is 0. The molecule has 0 bridgehead atoms. The second kappa shape index (κ2) is 6.01. The lowest BCUT2D eigenvalue weighted by molar-refractivity contribution is -0.0757.